The molecule has 3 aromatic rings. The zero-order valence-electron chi connectivity index (χ0n) is 15.4. The summed E-state index contributed by atoms with van der Waals surface area (Å²) in [7, 11) is 0. The predicted molar refractivity (Wildman–Crippen MR) is 108 cm³/mol. The first-order valence-corrected chi connectivity index (χ1v) is 10.3. The summed E-state index contributed by atoms with van der Waals surface area (Å²) in [5.41, 5.74) is 2.35. The molecule has 0 saturated carbocycles. The first kappa shape index (κ1) is 18.6. The number of carbonyl (C=O) groups excluding carboxylic acids is 1. The van der Waals surface area contributed by atoms with Crippen LogP contribution >= 0.6 is 11.3 Å². The van der Waals surface area contributed by atoms with Gasteiger partial charge in [0.15, 0.2) is 0 Å². The zero-order valence-corrected chi connectivity index (χ0v) is 16.2. The molecule has 0 bridgehead atoms. The number of aromatic nitrogens is 1. The van der Waals surface area contributed by atoms with E-state index in [0.29, 0.717) is 30.7 Å². The molecule has 1 atom stereocenters. The van der Waals surface area contributed by atoms with Crippen LogP contribution in [0.5, 0.6) is 5.75 Å². The number of nitrogens with one attached hydrogen (secondary N) is 1. The fourth-order valence-electron chi connectivity index (χ4n) is 3.44. The van der Waals surface area contributed by atoms with Gasteiger partial charge in [0.1, 0.15) is 17.7 Å². The van der Waals surface area contributed by atoms with Crippen molar-refractivity contribution in [2.45, 2.75) is 31.8 Å². The summed E-state index contributed by atoms with van der Waals surface area (Å²) in [5.74, 6) is 0.417. The predicted octanol–water partition coefficient (Wildman–Crippen LogP) is 4.39. The standard InChI is InChI=1S/C22H21FN2O2S/c23-17-10-16-11-18(14-25-21(26)7-1-5-19-6-3-9-28-19)27-22(16)20(12-17)15-4-2-8-24-13-15/h2-4,6,8-10,12-13,18H,1,5,7,11,14H2,(H,25,26)/t18-/m0/s1. The lowest BCUT2D eigenvalue weighted by Gasteiger charge is -2.13. The van der Waals surface area contributed by atoms with Crippen molar-refractivity contribution in [3.8, 4) is 16.9 Å². The molecule has 144 valence electrons. The van der Waals surface area contributed by atoms with Crippen LogP contribution in [-0.4, -0.2) is 23.5 Å². The molecule has 1 aliphatic heterocycles. The van der Waals surface area contributed by atoms with E-state index in [0.717, 1.165) is 24.0 Å². The number of ether oxygens (including phenoxy) is 1. The molecule has 0 aliphatic carbocycles. The van der Waals surface area contributed by atoms with Crippen molar-refractivity contribution in [3.63, 3.8) is 0 Å². The molecule has 1 aromatic carbocycles. The van der Waals surface area contributed by atoms with Gasteiger partial charge < -0.3 is 10.1 Å². The minimum atomic E-state index is -0.292. The van der Waals surface area contributed by atoms with Gasteiger partial charge in [-0.1, -0.05) is 12.1 Å². The van der Waals surface area contributed by atoms with E-state index in [-0.39, 0.29) is 17.8 Å². The second kappa shape index (κ2) is 8.52. The molecule has 2 aromatic heterocycles. The molecule has 4 rings (SSSR count). The first-order valence-electron chi connectivity index (χ1n) is 9.37. The van der Waals surface area contributed by atoms with Gasteiger partial charge in [-0.3, -0.25) is 9.78 Å². The molecule has 28 heavy (non-hydrogen) atoms. The number of thiophene rings is 1. The van der Waals surface area contributed by atoms with Crippen LogP contribution in [0.4, 0.5) is 4.39 Å². The van der Waals surface area contributed by atoms with Crippen molar-refractivity contribution in [3.05, 3.63) is 70.4 Å². The first-order chi connectivity index (χ1) is 13.7. The Kier molecular flexibility index (Phi) is 5.67. The van der Waals surface area contributed by atoms with E-state index in [4.69, 9.17) is 4.74 Å². The smallest absolute Gasteiger partial charge is 0.220 e. The summed E-state index contributed by atoms with van der Waals surface area (Å²) < 4.78 is 20.1. The number of rotatable bonds is 7. The van der Waals surface area contributed by atoms with Crippen LogP contribution in [-0.2, 0) is 17.6 Å². The molecular weight excluding hydrogens is 375 g/mol. The Morgan fingerprint density at radius 2 is 2.25 bits per heavy atom. The number of amides is 1. The van der Waals surface area contributed by atoms with Gasteiger partial charge in [-0.05, 0) is 42.5 Å². The van der Waals surface area contributed by atoms with Crippen molar-refractivity contribution >= 4 is 17.2 Å². The fraction of sp³-hybridized carbons (Fsp3) is 0.273. The van der Waals surface area contributed by atoms with Crippen molar-refractivity contribution in [1.82, 2.24) is 10.3 Å². The summed E-state index contributed by atoms with van der Waals surface area (Å²) in [6, 6.07) is 10.8. The maximum absolute atomic E-state index is 14.1. The van der Waals surface area contributed by atoms with Crippen LogP contribution in [0, 0.1) is 5.82 Å². The Morgan fingerprint density at radius 1 is 1.32 bits per heavy atom. The lowest BCUT2D eigenvalue weighted by molar-refractivity contribution is -0.121. The third-order valence-corrected chi connectivity index (χ3v) is 5.71. The van der Waals surface area contributed by atoms with Gasteiger partial charge in [-0.2, -0.15) is 0 Å². The second-order valence-corrected chi connectivity index (χ2v) is 7.90. The SMILES string of the molecule is O=C(CCCc1cccs1)NC[C@@H]1Cc2cc(F)cc(-c3cccnc3)c2O1. The van der Waals surface area contributed by atoms with Gasteiger partial charge in [-0.15, -0.1) is 11.3 Å². The molecule has 1 aliphatic rings. The Hall–Kier alpha value is -2.73. The molecular formula is C22H21FN2O2S. The van der Waals surface area contributed by atoms with Crippen LogP contribution in [0.1, 0.15) is 23.3 Å². The molecule has 0 saturated heterocycles. The third kappa shape index (κ3) is 4.39. The van der Waals surface area contributed by atoms with E-state index in [1.54, 1.807) is 23.7 Å². The van der Waals surface area contributed by atoms with E-state index in [9.17, 15) is 9.18 Å². The molecule has 0 radical (unpaired) electrons. The van der Waals surface area contributed by atoms with Gasteiger partial charge in [0.05, 0.1) is 6.54 Å². The van der Waals surface area contributed by atoms with Gasteiger partial charge in [-0.25, -0.2) is 4.39 Å². The van der Waals surface area contributed by atoms with Crippen LogP contribution in [0.2, 0.25) is 0 Å². The van der Waals surface area contributed by atoms with Crippen molar-refractivity contribution in [2.24, 2.45) is 0 Å². The Labute approximate surface area is 167 Å². The quantitative estimate of drug-likeness (QED) is 0.644. The number of nitrogens with zero attached hydrogens (tertiary/aromatic N) is 1. The van der Waals surface area contributed by atoms with Crippen LogP contribution < -0.4 is 10.1 Å². The van der Waals surface area contributed by atoms with Gasteiger partial charge in [0, 0.05) is 46.8 Å². The number of pyridine rings is 1. The molecule has 3 heterocycles. The van der Waals surface area contributed by atoms with Crippen LogP contribution in [0.15, 0.2) is 54.2 Å². The fourth-order valence-corrected chi connectivity index (χ4v) is 4.19. The number of hydrogen-bond acceptors (Lipinski definition) is 4. The maximum Gasteiger partial charge on any atom is 0.220 e. The summed E-state index contributed by atoms with van der Waals surface area (Å²) in [6.07, 6.45) is 6.01. The molecule has 0 unspecified atom stereocenters. The van der Waals surface area contributed by atoms with Crippen LogP contribution in [0.25, 0.3) is 11.1 Å². The van der Waals surface area contributed by atoms with Crippen molar-refractivity contribution in [2.75, 3.05) is 6.54 Å². The average molecular weight is 396 g/mol. The summed E-state index contributed by atoms with van der Waals surface area (Å²) in [5, 5.41) is 5.00. The van der Waals surface area contributed by atoms with E-state index < -0.39 is 0 Å². The number of fused-ring (bicyclic) bond motifs is 1. The van der Waals surface area contributed by atoms with Gasteiger partial charge >= 0.3 is 0 Å². The Morgan fingerprint density at radius 3 is 3.04 bits per heavy atom. The second-order valence-electron chi connectivity index (χ2n) is 6.86. The largest absolute Gasteiger partial charge is 0.487 e. The lowest BCUT2D eigenvalue weighted by atomic mass is 10.0. The highest BCUT2D eigenvalue weighted by Crippen LogP contribution is 2.39. The molecule has 0 fully saturated rings. The summed E-state index contributed by atoms with van der Waals surface area (Å²) in [6.45, 7) is 0.417. The normalized spacial score (nSPS) is 15.1. The van der Waals surface area contributed by atoms with Crippen molar-refractivity contribution < 1.29 is 13.9 Å². The monoisotopic (exact) mass is 396 g/mol. The number of aryl methyl sites for hydroxylation is 1. The topological polar surface area (TPSA) is 51.2 Å². The van der Waals surface area contributed by atoms with E-state index in [1.165, 1.54) is 17.0 Å². The highest BCUT2D eigenvalue weighted by atomic mass is 32.1. The highest BCUT2D eigenvalue weighted by Gasteiger charge is 2.27. The third-order valence-electron chi connectivity index (χ3n) is 4.77. The molecule has 0 spiro atoms. The van der Waals surface area contributed by atoms with E-state index in [1.807, 2.05) is 23.6 Å². The maximum atomic E-state index is 14.1. The van der Waals surface area contributed by atoms with E-state index >= 15 is 0 Å². The number of hydrogen-bond donors (Lipinski definition) is 1. The average Bonchev–Trinajstić information content (AvgIpc) is 3.36. The summed E-state index contributed by atoms with van der Waals surface area (Å²) >= 11 is 1.72. The zero-order chi connectivity index (χ0) is 19.3. The summed E-state index contributed by atoms with van der Waals surface area (Å²) in [4.78, 5) is 17.5. The molecule has 6 heteroatoms. The minimum Gasteiger partial charge on any atom is -0.487 e. The Balaban J connectivity index is 1.33. The van der Waals surface area contributed by atoms with Gasteiger partial charge in [0.25, 0.3) is 0 Å². The van der Waals surface area contributed by atoms with E-state index in [2.05, 4.69) is 16.4 Å². The highest BCUT2D eigenvalue weighted by molar-refractivity contribution is 7.09. The molecule has 1 N–H and O–H groups in total. The van der Waals surface area contributed by atoms with Gasteiger partial charge in [0.2, 0.25) is 5.91 Å². The van der Waals surface area contributed by atoms with Crippen LogP contribution in [0.3, 0.4) is 0 Å². The Bertz CT molecular complexity index is 945. The minimum absolute atomic E-state index is 0.0229. The molecule has 1 amide bonds. The number of carbonyl (C=O) groups is 1. The van der Waals surface area contributed by atoms with Crippen molar-refractivity contribution in [1.29, 1.82) is 0 Å². The number of benzene rings is 1. The lowest BCUT2D eigenvalue weighted by Crippen LogP contribution is -2.34. The molecule has 4 nitrogen and oxygen atoms in total. The number of halogens is 1.